The smallest absolute Gasteiger partial charge is 0.0724 e. The highest BCUT2D eigenvalue weighted by Gasteiger charge is 2.37. The number of nitrogens with zero attached hydrogens (tertiary/aromatic N) is 4. The molecule has 0 saturated heterocycles. The second-order valence-electron chi connectivity index (χ2n) is 13.6. The molecule has 0 amide bonds. The minimum Gasteiger partial charge on any atom is -0.309 e. The minimum absolute atomic E-state index is 0.125. The molecule has 0 atom stereocenters. The molecular formula is C40H30N4. The lowest BCUT2D eigenvalue weighted by atomic mass is 9.74. The maximum absolute atomic E-state index is 4.77. The average Bonchev–Trinajstić information content (AvgIpc) is 3.56. The molecule has 4 heteroatoms. The van der Waals surface area contributed by atoms with Crippen molar-refractivity contribution in [2.75, 3.05) is 0 Å². The van der Waals surface area contributed by atoms with Gasteiger partial charge in [-0.1, -0.05) is 76.2 Å². The fourth-order valence-electron chi connectivity index (χ4n) is 8.41. The Morgan fingerprint density at radius 3 is 2.11 bits per heavy atom. The third-order valence-electron chi connectivity index (χ3n) is 10.7. The van der Waals surface area contributed by atoms with Gasteiger partial charge in [0.1, 0.15) is 0 Å². The lowest BCUT2D eigenvalue weighted by molar-refractivity contribution is 0.627. The van der Waals surface area contributed by atoms with E-state index in [2.05, 4.69) is 139 Å². The number of fused-ring (bicyclic) bond motifs is 10. The molecule has 0 unspecified atom stereocenters. The van der Waals surface area contributed by atoms with Crippen LogP contribution in [0.3, 0.4) is 0 Å². The Balaban J connectivity index is 1.23. The molecule has 0 bridgehead atoms. The first kappa shape index (κ1) is 24.2. The van der Waals surface area contributed by atoms with Crippen LogP contribution in [0.2, 0.25) is 0 Å². The Morgan fingerprint density at radius 1 is 0.477 bits per heavy atom. The van der Waals surface area contributed by atoms with E-state index in [0.29, 0.717) is 0 Å². The lowest BCUT2D eigenvalue weighted by Crippen LogP contribution is -2.26. The Morgan fingerprint density at radius 2 is 1.20 bits per heavy atom. The van der Waals surface area contributed by atoms with Gasteiger partial charge in [-0.05, 0) is 64.2 Å². The van der Waals surface area contributed by atoms with E-state index in [1.165, 1.54) is 82.9 Å². The molecule has 4 nitrogen and oxygen atoms in total. The Labute approximate surface area is 255 Å². The molecule has 2 aliphatic rings. The van der Waals surface area contributed by atoms with Crippen LogP contribution in [0.1, 0.15) is 49.9 Å². The highest BCUT2D eigenvalue weighted by Crippen LogP contribution is 2.50. The van der Waals surface area contributed by atoms with Crippen LogP contribution < -0.4 is 0 Å². The molecule has 0 radical (unpaired) electrons. The van der Waals surface area contributed by atoms with Crippen molar-refractivity contribution in [2.45, 2.75) is 38.5 Å². The standard InChI is InChI=1S/C40H30N4/c1-39(2)29-9-5-6-11-34(29)43-33-14-12-23(18-27(33)28-20-42-21-32(39)38(28)43)24-13-15-35-31(19-24)40(3,4)30-10-7-8-26-25-16-17-41-22-36(25)44(35)37(26)30/h5-22H,1-4H3. The van der Waals surface area contributed by atoms with Crippen LogP contribution in [0, 0.1) is 0 Å². The van der Waals surface area contributed by atoms with Gasteiger partial charge in [-0.15, -0.1) is 0 Å². The predicted molar refractivity (Wildman–Crippen MR) is 180 cm³/mol. The van der Waals surface area contributed by atoms with Gasteiger partial charge in [-0.25, -0.2) is 0 Å². The van der Waals surface area contributed by atoms with Gasteiger partial charge in [-0.2, -0.15) is 0 Å². The molecule has 0 N–H and O–H groups in total. The Kier molecular flexibility index (Phi) is 4.32. The number of aromatic nitrogens is 4. The summed E-state index contributed by atoms with van der Waals surface area (Å²) in [5, 5.41) is 5.00. The summed E-state index contributed by atoms with van der Waals surface area (Å²) in [7, 11) is 0. The molecule has 0 aliphatic carbocycles. The molecule has 4 aromatic carbocycles. The van der Waals surface area contributed by atoms with Crippen molar-refractivity contribution in [3.8, 4) is 22.5 Å². The predicted octanol–water partition coefficient (Wildman–Crippen LogP) is 9.62. The van der Waals surface area contributed by atoms with E-state index in [-0.39, 0.29) is 10.8 Å². The fourth-order valence-corrected chi connectivity index (χ4v) is 8.41. The van der Waals surface area contributed by atoms with Crippen molar-refractivity contribution in [1.29, 1.82) is 0 Å². The molecule has 2 aliphatic heterocycles. The maximum atomic E-state index is 4.77. The van der Waals surface area contributed by atoms with Gasteiger partial charge >= 0.3 is 0 Å². The molecule has 0 spiro atoms. The summed E-state index contributed by atoms with van der Waals surface area (Å²) in [6.45, 7) is 9.37. The van der Waals surface area contributed by atoms with Crippen molar-refractivity contribution in [3.63, 3.8) is 0 Å². The number of para-hydroxylation sites is 2. The molecule has 210 valence electrons. The van der Waals surface area contributed by atoms with Crippen LogP contribution in [0.4, 0.5) is 0 Å². The maximum Gasteiger partial charge on any atom is 0.0724 e. The fraction of sp³-hybridized carbons (Fsp3) is 0.150. The van der Waals surface area contributed by atoms with Crippen LogP contribution in [0.15, 0.2) is 110 Å². The summed E-state index contributed by atoms with van der Waals surface area (Å²) in [5.41, 5.74) is 14.9. The van der Waals surface area contributed by atoms with Crippen LogP contribution in [-0.4, -0.2) is 19.1 Å². The summed E-state index contributed by atoms with van der Waals surface area (Å²) in [4.78, 5) is 9.28. The molecule has 6 heterocycles. The van der Waals surface area contributed by atoms with Gasteiger partial charge in [0, 0.05) is 56.5 Å². The Bertz CT molecular complexity index is 2560. The van der Waals surface area contributed by atoms with Crippen molar-refractivity contribution in [2.24, 2.45) is 0 Å². The summed E-state index contributed by atoms with van der Waals surface area (Å²) in [6.07, 6.45) is 8.02. The number of hydrogen-bond donors (Lipinski definition) is 0. The van der Waals surface area contributed by atoms with Gasteiger partial charge in [0.25, 0.3) is 0 Å². The van der Waals surface area contributed by atoms with Crippen LogP contribution in [0.25, 0.3) is 66.1 Å². The Hall–Kier alpha value is -5.22. The second-order valence-corrected chi connectivity index (χ2v) is 13.6. The van der Waals surface area contributed by atoms with Crippen molar-refractivity contribution in [3.05, 3.63) is 132 Å². The zero-order valence-electron chi connectivity index (χ0n) is 25.2. The van der Waals surface area contributed by atoms with E-state index >= 15 is 0 Å². The highest BCUT2D eigenvalue weighted by molar-refractivity contribution is 6.13. The summed E-state index contributed by atoms with van der Waals surface area (Å²) in [6, 6.07) is 31.7. The van der Waals surface area contributed by atoms with Gasteiger partial charge in [0.2, 0.25) is 0 Å². The number of pyridine rings is 2. The molecule has 44 heavy (non-hydrogen) atoms. The summed E-state index contributed by atoms with van der Waals surface area (Å²) < 4.78 is 4.88. The lowest BCUT2D eigenvalue weighted by Gasteiger charge is -2.35. The van der Waals surface area contributed by atoms with Crippen molar-refractivity contribution < 1.29 is 0 Å². The van der Waals surface area contributed by atoms with E-state index in [1.807, 2.05) is 12.4 Å². The first-order valence-electron chi connectivity index (χ1n) is 15.4. The normalized spacial score (nSPS) is 15.6. The SMILES string of the molecule is CC1(C)c2ccccc2-n2c3ccc(-c4ccc5c(c4)C(C)(C)c4cccc6c7ccncc7n-5c46)cc3c3cncc1c32. The number of benzene rings is 4. The number of hydrogen-bond acceptors (Lipinski definition) is 2. The van der Waals surface area contributed by atoms with Crippen LogP contribution in [0.5, 0.6) is 0 Å². The molecule has 10 rings (SSSR count). The van der Waals surface area contributed by atoms with Crippen molar-refractivity contribution in [1.82, 2.24) is 19.1 Å². The zero-order valence-corrected chi connectivity index (χ0v) is 25.2. The average molecular weight is 567 g/mol. The largest absolute Gasteiger partial charge is 0.309 e. The topological polar surface area (TPSA) is 35.6 Å². The molecule has 4 aromatic heterocycles. The molecular weight excluding hydrogens is 536 g/mol. The first-order chi connectivity index (χ1) is 21.4. The van der Waals surface area contributed by atoms with E-state index in [9.17, 15) is 0 Å². The van der Waals surface area contributed by atoms with Crippen LogP contribution >= 0.6 is 0 Å². The van der Waals surface area contributed by atoms with Gasteiger partial charge < -0.3 is 9.13 Å². The van der Waals surface area contributed by atoms with Gasteiger partial charge in [0.05, 0.1) is 39.6 Å². The van der Waals surface area contributed by atoms with E-state index in [1.54, 1.807) is 0 Å². The first-order valence-corrected chi connectivity index (χ1v) is 15.4. The zero-order chi connectivity index (χ0) is 29.5. The highest BCUT2D eigenvalue weighted by atomic mass is 15.0. The van der Waals surface area contributed by atoms with Crippen molar-refractivity contribution >= 4 is 43.6 Å². The van der Waals surface area contributed by atoms with Crippen LogP contribution in [-0.2, 0) is 10.8 Å². The quantitative estimate of drug-likeness (QED) is 0.198. The molecule has 0 fully saturated rings. The third kappa shape index (κ3) is 2.75. The monoisotopic (exact) mass is 566 g/mol. The van der Waals surface area contributed by atoms with Gasteiger partial charge in [0.15, 0.2) is 0 Å². The van der Waals surface area contributed by atoms with E-state index in [4.69, 9.17) is 4.98 Å². The minimum atomic E-state index is -0.157. The second kappa shape index (κ2) is 7.83. The van der Waals surface area contributed by atoms with Gasteiger partial charge in [-0.3, -0.25) is 9.97 Å². The summed E-state index contributed by atoms with van der Waals surface area (Å²) >= 11 is 0. The number of rotatable bonds is 1. The molecule has 8 aromatic rings. The molecule has 0 saturated carbocycles. The summed E-state index contributed by atoms with van der Waals surface area (Å²) in [5.74, 6) is 0. The van der Waals surface area contributed by atoms with E-state index in [0.717, 1.165) is 5.52 Å². The van der Waals surface area contributed by atoms with E-state index < -0.39 is 0 Å². The third-order valence-corrected chi connectivity index (χ3v) is 10.7.